The van der Waals surface area contributed by atoms with Gasteiger partial charge in [0.1, 0.15) is 6.61 Å². The summed E-state index contributed by atoms with van der Waals surface area (Å²) in [5.41, 5.74) is 7.60. The zero-order chi connectivity index (χ0) is 24.3. The first-order chi connectivity index (χ1) is 17.2. The topological polar surface area (TPSA) is 49.8 Å². The number of hydrogen-bond donors (Lipinski definition) is 1. The number of allylic oxidation sites excluding steroid dienone is 1. The third kappa shape index (κ3) is 7.59. The molecule has 0 aromatic heterocycles. The number of aliphatic hydroxyl groups is 1. The summed E-state index contributed by atoms with van der Waals surface area (Å²) < 4.78 is 5.98. The van der Waals surface area contributed by atoms with E-state index in [1.807, 2.05) is 30.3 Å². The zero-order valence-corrected chi connectivity index (χ0v) is 20.1. The number of nitrogens with zero attached hydrogens (tertiary/aromatic N) is 1. The van der Waals surface area contributed by atoms with Gasteiger partial charge in [-0.3, -0.25) is 9.69 Å². The highest BCUT2D eigenvalue weighted by molar-refractivity contribution is 5.94. The molecule has 0 radical (unpaired) electrons. The standard InChI is InChI=1S/C31H33NO3/c33-23-30(34)17-14-25-10-12-26(13-11-25)22-32(20-21-35-24-27-6-2-1-3-7-27)19-18-29-16-15-28-8-4-5-9-31(28)29/h1-14,16-17,33H,15,18-24H2/b17-14+. The molecule has 3 aromatic carbocycles. The summed E-state index contributed by atoms with van der Waals surface area (Å²) in [5.74, 6) is -0.293. The second-order valence-corrected chi connectivity index (χ2v) is 8.85. The van der Waals surface area contributed by atoms with Crippen molar-refractivity contribution < 1.29 is 14.6 Å². The van der Waals surface area contributed by atoms with Gasteiger partial charge >= 0.3 is 0 Å². The maximum Gasteiger partial charge on any atom is 0.181 e. The predicted molar refractivity (Wildman–Crippen MR) is 142 cm³/mol. The number of aliphatic hydroxyl groups excluding tert-OH is 1. The molecule has 0 saturated heterocycles. The summed E-state index contributed by atoms with van der Waals surface area (Å²) in [7, 11) is 0. The largest absolute Gasteiger partial charge is 0.388 e. The Labute approximate surface area is 208 Å². The quantitative estimate of drug-likeness (QED) is 0.273. The lowest BCUT2D eigenvalue weighted by Crippen LogP contribution is -2.28. The molecule has 35 heavy (non-hydrogen) atoms. The Kier molecular flexibility index (Phi) is 9.18. The molecule has 1 aliphatic carbocycles. The van der Waals surface area contributed by atoms with Crippen LogP contribution in [0.25, 0.3) is 11.6 Å². The Balaban J connectivity index is 1.35. The minimum atomic E-state index is -0.462. The molecule has 4 heteroatoms. The van der Waals surface area contributed by atoms with Crippen molar-refractivity contribution in [3.05, 3.63) is 119 Å². The fourth-order valence-corrected chi connectivity index (χ4v) is 4.33. The van der Waals surface area contributed by atoms with Crippen molar-refractivity contribution in [1.29, 1.82) is 0 Å². The van der Waals surface area contributed by atoms with Gasteiger partial charge in [-0.25, -0.2) is 0 Å². The highest BCUT2D eigenvalue weighted by atomic mass is 16.5. The van der Waals surface area contributed by atoms with E-state index in [0.717, 1.165) is 38.0 Å². The van der Waals surface area contributed by atoms with Crippen LogP contribution in [0.5, 0.6) is 0 Å². The fourth-order valence-electron chi connectivity index (χ4n) is 4.33. The number of ketones is 1. The van der Waals surface area contributed by atoms with E-state index in [-0.39, 0.29) is 5.78 Å². The van der Waals surface area contributed by atoms with Crippen molar-refractivity contribution in [2.24, 2.45) is 0 Å². The number of fused-ring (bicyclic) bond motifs is 1. The summed E-state index contributed by atoms with van der Waals surface area (Å²) in [4.78, 5) is 13.8. The van der Waals surface area contributed by atoms with Gasteiger partial charge in [-0.15, -0.1) is 0 Å². The van der Waals surface area contributed by atoms with Crippen molar-refractivity contribution in [2.75, 3.05) is 26.3 Å². The van der Waals surface area contributed by atoms with Crippen LogP contribution in [-0.4, -0.2) is 42.1 Å². The summed E-state index contributed by atoms with van der Waals surface area (Å²) in [6.45, 7) is 3.49. The van der Waals surface area contributed by atoms with Crippen LogP contribution in [0.1, 0.15) is 34.2 Å². The summed E-state index contributed by atoms with van der Waals surface area (Å²) in [5, 5.41) is 8.87. The monoisotopic (exact) mass is 467 g/mol. The van der Waals surface area contributed by atoms with E-state index in [1.165, 1.54) is 33.9 Å². The number of benzene rings is 3. The van der Waals surface area contributed by atoms with Gasteiger partial charge in [0, 0.05) is 19.6 Å². The first kappa shape index (κ1) is 24.8. The van der Waals surface area contributed by atoms with Crippen LogP contribution in [0.2, 0.25) is 0 Å². The SMILES string of the molecule is O=C(/C=C/c1ccc(CN(CCOCc2ccccc2)CCC2=CCc3ccccc32)cc1)CO. The Hall–Kier alpha value is -3.31. The maximum atomic E-state index is 11.3. The van der Waals surface area contributed by atoms with Crippen LogP contribution >= 0.6 is 0 Å². The van der Waals surface area contributed by atoms with Gasteiger partial charge in [-0.05, 0) is 52.3 Å². The van der Waals surface area contributed by atoms with Crippen LogP contribution in [0.15, 0.2) is 91.0 Å². The lowest BCUT2D eigenvalue weighted by molar-refractivity contribution is -0.117. The Morgan fingerprint density at radius 1 is 0.914 bits per heavy atom. The van der Waals surface area contributed by atoms with Crippen LogP contribution in [0.3, 0.4) is 0 Å². The van der Waals surface area contributed by atoms with Crippen molar-refractivity contribution >= 4 is 17.4 Å². The molecule has 0 atom stereocenters. The molecule has 1 aliphatic rings. The molecule has 0 unspecified atom stereocenters. The highest BCUT2D eigenvalue weighted by Crippen LogP contribution is 2.29. The average molecular weight is 468 g/mol. The first-order valence-electron chi connectivity index (χ1n) is 12.2. The van der Waals surface area contributed by atoms with Crippen molar-refractivity contribution in [1.82, 2.24) is 4.90 Å². The Bertz CT molecular complexity index is 1150. The molecule has 4 rings (SSSR count). The second-order valence-electron chi connectivity index (χ2n) is 8.85. The lowest BCUT2D eigenvalue weighted by Gasteiger charge is -2.23. The van der Waals surface area contributed by atoms with Crippen LogP contribution < -0.4 is 0 Å². The van der Waals surface area contributed by atoms with E-state index in [1.54, 1.807) is 6.08 Å². The van der Waals surface area contributed by atoms with Crippen LogP contribution in [0.4, 0.5) is 0 Å². The summed E-state index contributed by atoms with van der Waals surface area (Å²) in [6, 6.07) is 27.2. The van der Waals surface area contributed by atoms with Gasteiger partial charge in [0.05, 0.1) is 13.2 Å². The van der Waals surface area contributed by atoms with E-state index in [4.69, 9.17) is 9.84 Å². The molecule has 1 N–H and O–H groups in total. The number of ether oxygens (including phenoxy) is 1. The Morgan fingerprint density at radius 2 is 1.69 bits per heavy atom. The molecule has 0 amide bonds. The number of hydrogen-bond acceptors (Lipinski definition) is 4. The molecular formula is C31H33NO3. The molecule has 180 valence electrons. The van der Waals surface area contributed by atoms with Gasteiger partial charge in [0.25, 0.3) is 0 Å². The van der Waals surface area contributed by atoms with E-state index >= 15 is 0 Å². The van der Waals surface area contributed by atoms with Crippen LogP contribution in [-0.2, 0) is 29.1 Å². The lowest BCUT2D eigenvalue weighted by atomic mass is 10.0. The van der Waals surface area contributed by atoms with Gasteiger partial charge in [-0.2, -0.15) is 0 Å². The molecule has 0 saturated carbocycles. The van der Waals surface area contributed by atoms with Crippen molar-refractivity contribution in [3.63, 3.8) is 0 Å². The van der Waals surface area contributed by atoms with Gasteiger partial charge in [0.15, 0.2) is 5.78 Å². The molecule has 0 bridgehead atoms. The molecular weight excluding hydrogens is 434 g/mol. The first-order valence-corrected chi connectivity index (χ1v) is 12.2. The van der Waals surface area contributed by atoms with Gasteiger partial charge in [0.2, 0.25) is 0 Å². The summed E-state index contributed by atoms with van der Waals surface area (Å²) >= 11 is 0. The molecule has 0 heterocycles. The van der Waals surface area contributed by atoms with Crippen molar-refractivity contribution in [2.45, 2.75) is 26.0 Å². The molecule has 4 nitrogen and oxygen atoms in total. The third-order valence-electron chi connectivity index (χ3n) is 6.30. The van der Waals surface area contributed by atoms with Gasteiger partial charge < -0.3 is 9.84 Å². The molecule has 0 fully saturated rings. The second kappa shape index (κ2) is 13.0. The molecule has 3 aromatic rings. The average Bonchev–Trinajstić information content (AvgIpc) is 3.32. The van der Waals surface area contributed by atoms with E-state index < -0.39 is 6.61 Å². The number of carbonyl (C=O) groups is 1. The highest BCUT2D eigenvalue weighted by Gasteiger charge is 2.15. The minimum absolute atomic E-state index is 0.293. The fraction of sp³-hybridized carbons (Fsp3) is 0.258. The smallest absolute Gasteiger partial charge is 0.181 e. The van der Waals surface area contributed by atoms with Gasteiger partial charge in [-0.1, -0.05) is 91.0 Å². The van der Waals surface area contributed by atoms with E-state index in [0.29, 0.717) is 13.2 Å². The predicted octanol–water partition coefficient (Wildman–Crippen LogP) is 5.31. The molecule has 0 spiro atoms. The Morgan fingerprint density at radius 3 is 2.49 bits per heavy atom. The number of rotatable bonds is 13. The zero-order valence-electron chi connectivity index (χ0n) is 20.1. The normalized spacial score (nSPS) is 12.8. The van der Waals surface area contributed by atoms with Crippen molar-refractivity contribution in [3.8, 4) is 0 Å². The summed E-state index contributed by atoms with van der Waals surface area (Å²) in [6.07, 6.45) is 7.56. The van der Waals surface area contributed by atoms with E-state index in [2.05, 4.69) is 59.5 Å². The minimum Gasteiger partial charge on any atom is -0.388 e. The number of carbonyl (C=O) groups excluding carboxylic acids is 1. The maximum absolute atomic E-state index is 11.3. The van der Waals surface area contributed by atoms with E-state index in [9.17, 15) is 4.79 Å². The van der Waals surface area contributed by atoms with Crippen LogP contribution in [0, 0.1) is 0 Å². The molecule has 0 aliphatic heterocycles. The third-order valence-corrected chi connectivity index (χ3v) is 6.30.